The van der Waals surface area contributed by atoms with Gasteiger partial charge in [-0.3, -0.25) is 14.5 Å². The third-order valence-corrected chi connectivity index (χ3v) is 6.35. The van der Waals surface area contributed by atoms with Crippen LogP contribution in [0.3, 0.4) is 0 Å². The summed E-state index contributed by atoms with van der Waals surface area (Å²) in [5, 5.41) is 0. The molecule has 0 radical (unpaired) electrons. The summed E-state index contributed by atoms with van der Waals surface area (Å²) < 4.78 is 24.7. The van der Waals surface area contributed by atoms with Crippen LogP contribution >= 0.6 is 0 Å². The van der Waals surface area contributed by atoms with Crippen molar-refractivity contribution in [2.24, 2.45) is 5.92 Å². The summed E-state index contributed by atoms with van der Waals surface area (Å²) in [6, 6.07) is 0. The summed E-state index contributed by atoms with van der Waals surface area (Å²) in [5.74, 6) is 1.68. The van der Waals surface area contributed by atoms with Gasteiger partial charge < -0.3 is 4.90 Å². The molecule has 30 heavy (non-hydrogen) atoms. The number of anilines is 1. The number of hydrogen-bond acceptors (Lipinski definition) is 6. The summed E-state index contributed by atoms with van der Waals surface area (Å²) in [4.78, 5) is 37.8. The van der Waals surface area contributed by atoms with E-state index in [-0.39, 0.29) is 24.3 Å². The van der Waals surface area contributed by atoms with Gasteiger partial charge in [0.25, 0.3) is 0 Å². The molecule has 1 aromatic heterocycles. The summed E-state index contributed by atoms with van der Waals surface area (Å²) in [6.07, 6.45) is 3.78. The second kappa shape index (κ2) is 8.97. The van der Waals surface area contributed by atoms with Crippen LogP contribution in [0.2, 0.25) is 0 Å². The molecule has 1 aromatic rings. The predicted molar refractivity (Wildman–Crippen MR) is 114 cm³/mol. The summed E-state index contributed by atoms with van der Waals surface area (Å²) >= 11 is 0. The van der Waals surface area contributed by atoms with Crippen LogP contribution in [-0.4, -0.2) is 67.5 Å². The minimum atomic E-state index is -3.41. The first kappa shape index (κ1) is 22.6. The maximum absolute atomic E-state index is 12.6. The van der Waals surface area contributed by atoms with Gasteiger partial charge >= 0.3 is 0 Å². The van der Waals surface area contributed by atoms with Crippen LogP contribution in [0, 0.1) is 12.8 Å². The van der Waals surface area contributed by atoms with E-state index in [1.165, 1.54) is 0 Å². The molecule has 1 N–H and O–H groups in total. The Morgan fingerprint density at radius 3 is 2.67 bits per heavy atom. The average molecular weight is 438 g/mol. The highest BCUT2D eigenvalue weighted by atomic mass is 32.2. The molecule has 0 unspecified atom stereocenters. The van der Waals surface area contributed by atoms with Gasteiger partial charge in [0, 0.05) is 43.2 Å². The third kappa shape index (κ3) is 5.34. The Morgan fingerprint density at radius 2 is 2.00 bits per heavy atom. The number of rotatable bonds is 7. The highest BCUT2D eigenvalue weighted by Crippen LogP contribution is 2.32. The number of aromatic nitrogens is 2. The molecule has 2 aliphatic heterocycles. The highest BCUT2D eigenvalue weighted by Gasteiger charge is 2.33. The van der Waals surface area contributed by atoms with Crippen molar-refractivity contribution < 1.29 is 18.0 Å². The highest BCUT2D eigenvalue weighted by molar-refractivity contribution is 7.88. The number of carbonyl (C=O) groups excluding carboxylic acids is 2. The van der Waals surface area contributed by atoms with Crippen LogP contribution in [0.4, 0.5) is 5.82 Å². The topological polar surface area (TPSA) is 113 Å². The molecule has 0 saturated carbocycles. The number of carbonyl (C=O) groups is 2. The standard InChI is InChI=1S/C20H31N5O4S/c1-13(2)7-10-25-17(26)6-5-16-14(3)22-19(23-20(16)25)15-8-9-24(12-15)18(27)11-21-30(4,28)29/h13,15,21H,5-12H2,1-4H3/t15-/m1/s1. The molecule has 9 nitrogen and oxygen atoms in total. The van der Waals surface area contributed by atoms with Gasteiger partial charge in [-0.1, -0.05) is 13.8 Å². The van der Waals surface area contributed by atoms with Gasteiger partial charge in [-0.2, -0.15) is 0 Å². The molecule has 166 valence electrons. The van der Waals surface area contributed by atoms with Crippen LogP contribution in [0.25, 0.3) is 0 Å². The van der Waals surface area contributed by atoms with Crippen molar-refractivity contribution in [2.75, 3.05) is 37.3 Å². The van der Waals surface area contributed by atoms with Crippen LogP contribution in [-0.2, 0) is 26.0 Å². The SMILES string of the molecule is Cc1nc([C@@H]2CCN(C(=O)CNS(C)(=O)=O)C2)nc2c1CCC(=O)N2CCC(C)C. The van der Waals surface area contributed by atoms with Gasteiger partial charge in [0.05, 0.1) is 12.8 Å². The first-order valence-corrected chi connectivity index (χ1v) is 12.3. The number of likely N-dealkylation sites (tertiary alicyclic amines) is 1. The monoisotopic (exact) mass is 437 g/mol. The minimum Gasteiger partial charge on any atom is -0.341 e. The van der Waals surface area contributed by atoms with Crippen molar-refractivity contribution in [1.82, 2.24) is 19.6 Å². The maximum Gasteiger partial charge on any atom is 0.237 e. The number of sulfonamides is 1. The van der Waals surface area contributed by atoms with Crippen molar-refractivity contribution >= 4 is 27.7 Å². The van der Waals surface area contributed by atoms with Gasteiger partial charge in [-0.05, 0) is 32.1 Å². The Labute approximate surface area is 178 Å². The molecule has 2 aliphatic rings. The maximum atomic E-state index is 12.6. The van der Waals surface area contributed by atoms with Crippen molar-refractivity contribution in [1.29, 1.82) is 0 Å². The van der Waals surface area contributed by atoms with Crippen LogP contribution in [0.5, 0.6) is 0 Å². The first-order valence-electron chi connectivity index (χ1n) is 10.5. The van der Waals surface area contributed by atoms with Crippen LogP contribution < -0.4 is 9.62 Å². The molecule has 1 atom stereocenters. The number of nitrogens with zero attached hydrogens (tertiary/aromatic N) is 4. The first-order chi connectivity index (χ1) is 14.0. The normalized spacial score (nSPS) is 19.5. The van der Waals surface area contributed by atoms with E-state index in [0.29, 0.717) is 50.6 Å². The molecule has 0 bridgehead atoms. The fourth-order valence-electron chi connectivity index (χ4n) is 3.91. The molecule has 10 heteroatoms. The van der Waals surface area contributed by atoms with Crippen LogP contribution in [0.15, 0.2) is 0 Å². The largest absolute Gasteiger partial charge is 0.341 e. The van der Waals surface area contributed by atoms with Crippen molar-refractivity contribution in [3.63, 3.8) is 0 Å². The quantitative estimate of drug-likeness (QED) is 0.680. The van der Waals surface area contributed by atoms with Gasteiger partial charge in [0.2, 0.25) is 21.8 Å². The minimum absolute atomic E-state index is 0.0276. The van der Waals surface area contributed by atoms with Crippen molar-refractivity contribution in [3.05, 3.63) is 17.1 Å². The number of hydrogen-bond donors (Lipinski definition) is 1. The summed E-state index contributed by atoms with van der Waals surface area (Å²) in [5.41, 5.74) is 1.92. The Hall–Kier alpha value is -2.07. The zero-order valence-electron chi connectivity index (χ0n) is 18.1. The lowest BCUT2D eigenvalue weighted by Gasteiger charge is -2.30. The van der Waals surface area contributed by atoms with E-state index in [9.17, 15) is 18.0 Å². The molecular weight excluding hydrogens is 406 g/mol. The van der Waals surface area contributed by atoms with Gasteiger partial charge in [-0.25, -0.2) is 23.1 Å². The second-order valence-electron chi connectivity index (χ2n) is 8.62. The fourth-order valence-corrected chi connectivity index (χ4v) is 4.29. The summed E-state index contributed by atoms with van der Waals surface area (Å²) in [7, 11) is -3.41. The van der Waals surface area contributed by atoms with E-state index in [1.54, 1.807) is 9.80 Å². The van der Waals surface area contributed by atoms with Crippen molar-refractivity contribution in [3.8, 4) is 0 Å². The molecule has 3 rings (SSSR count). The molecule has 3 heterocycles. The zero-order chi connectivity index (χ0) is 22.1. The lowest BCUT2D eigenvalue weighted by atomic mass is 10.0. The zero-order valence-corrected chi connectivity index (χ0v) is 19.0. The Bertz CT molecular complexity index is 931. The Morgan fingerprint density at radius 1 is 1.27 bits per heavy atom. The molecule has 0 spiro atoms. The van der Waals surface area contributed by atoms with Crippen molar-refractivity contribution in [2.45, 2.75) is 52.4 Å². The molecule has 1 saturated heterocycles. The smallest absolute Gasteiger partial charge is 0.237 e. The molecule has 0 aliphatic carbocycles. The Balaban J connectivity index is 1.77. The fraction of sp³-hybridized carbons (Fsp3) is 0.700. The predicted octanol–water partition coefficient (Wildman–Crippen LogP) is 0.975. The van der Waals surface area contributed by atoms with Gasteiger partial charge in [0.15, 0.2) is 0 Å². The van der Waals surface area contributed by atoms with E-state index in [0.717, 1.165) is 29.8 Å². The molecule has 0 aromatic carbocycles. The lowest BCUT2D eigenvalue weighted by Crippen LogP contribution is -2.39. The van der Waals surface area contributed by atoms with Crippen LogP contribution in [0.1, 0.15) is 56.1 Å². The van der Waals surface area contributed by atoms with E-state index < -0.39 is 10.0 Å². The molecule has 2 amide bonds. The van der Waals surface area contributed by atoms with Gasteiger partial charge in [-0.15, -0.1) is 0 Å². The Kier molecular flexibility index (Phi) is 6.76. The second-order valence-corrected chi connectivity index (χ2v) is 10.4. The third-order valence-electron chi connectivity index (χ3n) is 5.68. The lowest BCUT2D eigenvalue weighted by molar-refractivity contribution is -0.128. The van der Waals surface area contributed by atoms with E-state index in [4.69, 9.17) is 9.97 Å². The number of aryl methyl sites for hydroxylation is 1. The van der Waals surface area contributed by atoms with E-state index >= 15 is 0 Å². The number of fused-ring (bicyclic) bond motifs is 1. The summed E-state index contributed by atoms with van der Waals surface area (Å²) in [6.45, 7) is 7.60. The molecular formula is C20H31N5O4S. The van der Waals surface area contributed by atoms with Gasteiger partial charge in [0.1, 0.15) is 11.6 Å². The molecule has 1 fully saturated rings. The van der Waals surface area contributed by atoms with E-state index in [2.05, 4.69) is 18.6 Å². The van der Waals surface area contributed by atoms with E-state index in [1.807, 2.05) is 6.92 Å². The number of amides is 2. The average Bonchev–Trinajstić information content (AvgIpc) is 3.14. The number of nitrogens with one attached hydrogen (secondary N) is 1.